The smallest absolute Gasteiger partial charge is 0.288 e. The van der Waals surface area contributed by atoms with E-state index >= 15 is 0 Å². The largest absolute Gasteiger partial charge is 0.356 e. The Balaban J connectivity index is 1.28. The second-order valence-corrected chi connectivity index (χ2v) is 8.92. The summed E-state index contributed by atoms with van der Waals surface area (Å²) < 4.78 is 0. The maximum absolute atomic E-state index is 12.9. The average Bonchev–Trinajstić information content (AvgIpc) is 3.17. The molecular weight excluding hydrogens is 486 g/mol. The highest BCUT2D eigenvalue weighted by Gasteiger charge is 2.36. The van der Waals surface area contributed by atoms with Crippen LogP contribution in [0.15, 0.2) is 85.1 Å². The van der Waals surface area contributed by atoms with Crippen LogP contribution in [0.3, 0.4) is 0 Å². The van der Waals surface area contributed by atoms with Gasteiger partial charge in [0.2, 0.25) is 0 Å². The van der Waals surface area contributed by atoms with Crippen molar-refractivity contribution in [1.29, 1.82) is 0 Å². The number of carbonyl (C=O) groups excluding carboxylic acids is 3. The Morgan fingerprint density at radius 3 is 2.38 bits per heavy atom. The lowest BCUT2D eigenvalue weighted by molar-refractivity contribution is 0.0641. The van der Waals surface area contributed by atoms with E-state index in [1.165, 1.54) is 4.90 Å². The number of fused-ring (bicyclic) bond motifs is 2. The monoisotopic (exact) mass is 508 g/mol. The molecule has 37 heavy (non-hydrogen) atoms. The van der Waals surface area contributed by atoms with Gasteiger partial charge in [0.15, 0.2) is 5.11 Å². The van der Waals surface area contributed by atoms with Crippen LogP contribution in [-0.2, 0) is 6.42 Å². The van der Waals surface area contributed by atoms with Gasteiger partial charge in [0.25, 0.3) is 17.7 Å². The molecule has 1 aromatic heterocycles. The molecule has 0 saturated carbocycles. The number of aromatic nitrogens is 1. The number of benzene rings is 3. The van der Waals surface area contributed by atoms with E-state index < -0.39 is 11.9 Å². The van der Waals surface area contributed by atoms with E-state index in [1.54, 1.807) is 54.7 Å². The van der Waals surface area contributed by atoms with Gasteiger partial charge in [0, 0.05) is 18.1 Å². The fraction of sp³-hybridized carbons (Fsp3) is 0.107. The van der Waals surface area contributed by atoms with Gasteiger partial charge >= 0.3 is 0 Å². The van der Waals surface area contributed by atoms with Gasteiger partial charge in [-0.25, -0.2) is 0 Å². The number of nitrogens with zero attached hydrogens (tertiary/aromatic N) is 2. The zero-order chi connectivity index (χ0) is 25.8. The van der Waals surface area contributed by atoms with Gasteiger partial charge in [0.05, 0.1) is 17.2 Å². The molecule has 1 atom stereocenters. The molecule has 3 amide bonds. The number of pyridine rings is 1. The SMILES string of the molecule is O=C(NNC(=S)NC(Cc1ccccc1)CN1C(=O)c2ccccc2C1=O)c1nccc2c[c]ccc12. The standard InChI is InChI=1S/C28H22N5O3S/c34-25(24-21-11-5-4-10-19(21)14-15-29-24)31-32-28(37)30-20(16-18-8-2-1-3-9-18)17-33-26(35)22-12-6-7-13-23(22)27(33)36/h1-3,5-15,20H,16-17H2,(H,31,34)(H2,30,32,37). The van der Waals surface area contributed by atoms with Gasteiger partial charge in [-0.15, -0.1) is 0 Å². The summed E-state index contributed by atoms with van der Waals surface area (Å²) in [4.78, 5) is 44.1. The summed E-state index contributed by atoms with van der Waals surface area (Å²) >= 11 is 5.43. The lowest BCUT2D eigenvalue weighted by Crippen LogP contribution is -2.53. The number of hydrazine groups is 1. The number of carbonyl (C=O) groups is 3. The molecule has 1 radical (unpaired) electrons. The van der Waals surface area contributed by atoms with Crippen LogP contribution >= 0.6 is 12.2 Å². The van der Waals surface area contributed by atoms with Crippen LogP contribution in [0.2, 0.25) is 0 Å². The van der Waals surface area contributed by atoms with Crippen molar-refractivity contribution in [3.05, 3.63) is 114 Å². The lowest BCUT2D eigenvalue weighted by atomic mass is 10.1. The molecule has 1 aliphatic heterocycles. The summed E-state index contributed by atoms with van der Waals surface area (Å²) in [5.41, 5.74) is 7.30. The Labute approximate surface area is 218 Å². The highest BCUT2D eigenvalue weighted by atomic mass is 32.1. The van der Waals surface area contributed by atoms with Gasteiger partial charge in [-0.3, -0.25) is 35.1 Å². The number of amides is 3. The van der Waals surface area contributed by atoms with E-state index in [9.17, 15) is 14.4 Å². The summed E-state index contributed by atoms with van der Waals surface area (Å²) in [6.45, 7) is 0.0956. The van der Waals surface area contributed by atoms with E-state index in [0.29, 0.717) is 22.9 Å². The number of rotatable bonds is 6. The quantitative estimate of drug-likeness (QED) is 0.209. The molecule has 9 heteroatoms. The van der Waals surface area contributed by atoms with Gasteiger partial charge in [0.1, 0.15) is 5.69 Å². The van der Waals surface area contributed by atoms with Gasteiger partial charge in [-0.2, -0.15) is 0 Å². The molecule has 3 N–H and O–H groups in total. The van der Waals surface area contributed by atoms with Crippen molar-refractivity contribution in [1.82, 2.24) is 26.1 Å². The Kier molecular flexibility index (Phi) is 6.87. The third-order valence-electron chi connectivity index (χ3n) is 6.05. The van der Waals surface area contributed by atoms with E-state index in [0.717, 1.165) is 10.9 Å². The maximum atomic E-state index is 12.9. The summed E-state index contributed by atoms with van der Waals surface area (Å²) in [5, 5.41) is 4.80. The Morgan fingerprint density at radius 2 is 1.65 bits per heavy atom. The zero-order valence-corrected chi connectivity index (χ0v) is 20.4. The van der Waals surface area contributed by atoms with E-state index in [-0.39, 0.29) is 29.2 Å². The highest BCUT2D eigenvalue weighted by molar-refractivity contribution is 7.80. The first-order valence-electron chi connectivity index (χ1n) is 11.6. The number of hydrogen-bond acceptors (Lipinski definition) is 5. The van der Waals surface area contributed by atoms with Gasteiger partial charge < -0.3 is 5.32 Å². The first kappa shape index (κ1) is 24.1. The van der Waals surface area contributed by atoms with Crippen molar-refractivity contribution in [2.75, 3.05) is 6.54 Å². The van der Waals surface area contributed by atoms with Crippen molar-refractivity contribution in [2.45, 2.75) is 12.5 Å². The van der Waals surface area contributed by atoms with Crippen molar-refractivity contribution in [3.63, 3.8) is 0 Å². The molecule has 5 rings (SSSR count). The zero-order valence-electron chi connectivity index (χ0n) is 19.6. The number of imide groups is 1. The minimum atomic E-state index is -0.457. The molecule has 8 nitrogen and oxygen atoms in total. The van der Waals surface area contributed by atoms with Crippen LogP contribution in [0.1, 0.15) is 36.8 Å². The summed E-state index contributed by atoms with van der Waals surface area (Å²) in [7, 11) is 0. The maximum Gasteiger partial charge on any atom is 0.288 e. The van der Waals surface area contributed by atoms with E-state index in [1.807, 2.05) is 30.3 Å². The molecular formula is C28H22N5O3S. The van der Waals surface area contributed by atoms with Gasteiger partial charge in [-0.05, 0) is 59.9 Å². The minimum Gasteiger partial charge on any atom is -0.356 e. The summed E-state index contributed by atoms with van der Waals surface area (Å²) in [6.07, 6.45) is 2.05. The molecule has 1 aliphatic rings. The molecule has 0 saturated heterocycles. The normalized spacial score (nSPS) is 13.2. The first-order chi connectivity index (χ1) is 18.0. The molecule has 183 valence electrons. The molecule has 3 aromatic carbocycles. The molecule has 2 heterocycles. The third-order valence-corrected chi connectivity index (χ3v) is 6.27. The van der Waals surface area contributed by atoms with E-state index in [4.69, 9.17) is 12.2 Å². The number of hydrogen-bond donors (Lipinski definition) is 3. The van der Waals surface area contributed by atoms with Crippen LogP contribution in [0.5, 0.6) is 0 Å². The topological polar surface area (TPSA) is 103 Å². The van der Waals surface area contributed by atoms with Crippen molar-refractivity contribution in [2.24, 2.45) is 0 Å². The van der Waals surface area contributed by atoms with Crippen LogP contribution in [-0.4, -0.2) is 45.3 Å². The average molecular weight is 509 g/mol. The first-order valence-corrected chi connectivity index (χ1v) is 12.0. The van der Waals surface area contributed by atoms with Crippen LogP contribution < -0.4 is 16.2 Å². The second-order valence-electron chi connectivity index (χ2n) is 8.51. The lowest BCUT2D eigenvalue weighted by Gasteiger charge is -2.25. The number of thiocarbonyl (C=S) groups is 1. The molecule has 0 spiro atoms. The van der Waals surface area contributed by atoms with Crippen LogP contribution in [0.25, 0.3) is 10.8 Å². The fourth-order valence-corrected chi connectivity index (χ4v) is 4.54. The predicted octanol–water partition coefficient (Wildman–Crippen LogP) is 3.05. The summed E-state index contributed by atoms with van der Waals surface area (Å²) in [5.74, 6) is -1.14. The third kappa shape index (κ3) is 5.17. The fourth-order valence-electron chi connectivity index (χ4n) is 4.32. The highest BCUT2D eigenvalue weighted by Crippen LogP contribution is 2.23. The molecule has 1 unspecified atom stereocenters. The molecule has 0 bridgehead atoms. The Bertz CT molecular complexity index is 1470. The molecule has 0 fully saturated rings. The van der Waals surface area contributed by atoms with Crippen molar-refractivity contribution in [3.8, 4) is 0 Å². The Morgan fingerprint density at radius 1 is 0.946 bits per heavy atom. The molecule has 0 aliphatic carbocycles. The minimum absolute atomic E-state index is 0.0956. The van der Waals surface area contributed by atoms with E-state index in [2.05, 4.69) is 27.2 Å². The van der Waals surface area contributed by atoms with Crippen LogP contribution in [0.4, 0.5) is 0 Å². The van der Waals surface area contributed by atoms with Crippen molar-refractivity contribution < 1.29 is 14.4 Å². The van der Waals surface area contributed by atoms with Gasteiger partial charge in [-0.1, -0.05) is 54.6 Å². The predicted molar refractivity (Wildman–Crippen MR) is 143 cm³/mol. The van der Waals surface area contributed by atoms with Crippen LogP contribution in [0, 0.1) is 6.07 Å². The molecule has 4 aromatic rings. The second kappa shape index (κ2) is 10.5. The number of nitrogens with one attached hydrogen (secondary N) is 3. The Hall–Kier alpha value is -4.63. The summed E-state index contributed by atoms with van der Waals surface area (Å²) in [6, 6.07) is 26.1. The van der Waals surface area contributed by atoms with Crippen molar-refractivity contribution >= 4 is 45.8 Å².